The number of carbonyl (C=O) groups is 2. The zero-order valence-corrected chi connectivity index (χ0v) is 41.9. The zero-order valence-electron chi connectivity index (χ0n) is 41.0. The fourth-order valence-corrected chi connectivity index (χ4v) is 7.32. The van der Waals surface area contributed by atoms with Gasteiger partial charge in [0.1, 0.15) is 19.3 Å². The van der Waals surface area contributed by atoms with Crippen molar-refractivity contribution in [2.45, 2.75) is 200 Å². The number of amides is 1. The number of hydrogen-bond acceptors (Lipinski definition) is 6. The Balaban J connectivity index is 5.52. The molecule has 0 aromatic carbocycles. The van der Waals surface area contributed by atoms with Crippen molar-refractivity contribution in [2.75, 3.05) is 40.9 Å². The predicted octanol–water partition coefficient (Wildman–Crippen LogP) is 14.3. The normalized spacial score (nSPS) is 14.7. The maximum Gasteiger partial charge on any atom is 0.472 e. The summed E-state index contributed by atoms with van der Waals surface area (Å²) in [4.78, 5) is 37.3. The number of nitrogens with zero attached hydrogens (tertiary/aromatic N) is 1. The molecule has 0 aromatic rings. The van der Waals surface area contributed by atoms with E-state index in [0.29, 0.717) is 23.9 Å². The maximum absolute atomic E-state index is 13.4. The van der Waals surface area contributed by atoms with E-state index in [1.165, 1.54) is 44.9 Å². The smallest absolute Gasteiger partial charge is 0.456 e. The minimum Gasteiger partial charge on any atom is -0.456 e. The molecule has 3 atom stereocenters. The van der Waals surface area contributed by atoms with Crippen LogP contribution in [0, 0.1) is 0 Å². The molecule has 0 saturated heterocycles. The zero-order chi connectivity index (χ0) is 46.5. The molecule has 10 heteroatoms. The van der Waals surface area contributed by atoms with Gasteiger partial charge in [-0.3, -0.25) is 18.6 Å². The summed E-state index contributed by atoms with van der Waals surface area (Å²) in [5, 5.41) is 3.01. The molecule has 0 aliphatic heterocycles. The molecule has 0 heterocycles. The molecule has 0 rings (SSSR count). The van der Waals surface area contributed by atoms with Crippen LogP contribution in [0.3, 0.4) is 0 Å². The highest BCUT2D eigenvalue weighted by Gasteiger charge is 2.30. The fraction of sp³-hybridized carbons (Fsp3) is 0.698. The Labute approximate surface area is 386 Å². The second-order valence-corrected chi connectivity index (χ2v) is 19.2. The van der Waals surface area contributed by atoms with Crippen molar-refractivity contribution < 1.29 is 37.3 Å². The molecule has 0 saturated carbocycles. The third-order valence-electron chi connectivity index (χ3n) is 10.5. The van der Waals surface area contributed by atoms with E-state index in [-0.39, 0.29) is 31.5 Å². The monoisotopic (exact) mass is 902 g/mol. The number of ether oxygens (including phenoxy) is 1. The first-order chi connectivity index (χ1) is 30.4. The van der Waals surface area contributed by atoms with Crippen LogP contribution in [0.1, 0.15) is 188 Å². The number of phosphoric acid groups is 1. The molecule has 0 bridgehead atoms. The number of unbranched alkanes of at least 4 members (excludes halogenated alkanes) is 19. The van der Waals surface area contributed by atoms with Gasteiger partial charge in [-0.15, -0.1) is 0 Å². The van der Waals surface area contributed by atoms with E-state index in [4.69, 9.17) is 13.8 Å². The molecule has 9 nitrogen and oxygen atoms in total. The van der Waals surface area contributed by atoms with E-state index in [1.54, 1.807) is 0 Å². The van der Waals surface area contributed by atoms with E-state index in [1.807, 2.05) is 45.4 Å². The van der Waals surface area contributed by atoms with Gasteiger partial charge in [0.05, 0.1) is 33.8 Å². The molecule has 63 heavy (non-hydrogen) atoms. The van der Waals surface area contributed by atoms with Gasteiger partial charge in [-0.1, -0.05) is 190 Å². The van der Waals surface area contributed by atoms with Crippen LogP contribution >= 0.6 is 7.82 Å². The lowest BCUT2D eigenvalue weighted by atomic mass is 10.1. The van der Waals surface area contributed by atoms with Crippen molar-refractivity contribution in [3.63, 3.8) is 0 Å². The summed E-state index contributed by atoms with van der Waals surface area (Å²) >= 11 is 0. The van der Waals surface area contributed by atoms with Crippen LogP contribution in [0.5, 0.6) is 0 Å². The number of likely N-dealkylation sites (N-methyl/N-ethyl adjacent to an activating group) is 1. The number of quaternary nitrogens is 1. The third kappa shape index (κ3) is 44.2. The molecule has 0 aromatic heterocycles. The summed E-state index contributed by atoms with van der Waals surface area (Å²) in [5.74, 6) is -0.564. The number of carbonyl (C=O) groups excluding carboxylic acids is 2. The van der Waals surface area contributed by atoms with E-state index < -0.39 is 20.0 Å². The van der Waals surface area contributed by atoms with Crippen molar-refractivity contribution >= 4 is 19.7 Å². The van der Waals surface area contributed by atoms with Gasteiger partial charge < -0.3 is 19.4 Å². The molecule has 2 N–H and O–H groups in total. The number of nitrogens with one attached hydrogen (secondary N) is 1. The third-order valence-corrected chi connectivity index (χ3v) is 11.4. The number of allylic oxidation sites excluding steroid dienone is 13. The Bertz CT molecular complexity index is 1360. The van der Waals surface area contributed by atoms with Gasteiger partial charge in [0.2, 0.25) is 5.91 Å². The van der Waals surface area contributed by atoms with E-state index in [0.717, 1.165) is 103 Å². The molecule has 3 unspecified atom stereocenters. The lowest BCUT2D eigenvalue weighted by Gasteiger charge is -2.27. The van der Waals surface area contributed by atoms with E-state index in [9.17, 15) is 19.0 Å². The van der Waals surface area contributed by atoms with Crippen LogP contribution in [0.2, 0.25) is 0 Å². The summed E-state index contributed by atoms with van der Waals surface area (Å²) in [7, 11) is 1.45. The van der Waals surface area contributed by atoms with Crippen molar-refractivity contribution in [3.05, 3.63) is 85.1 Å². The van der Waals surface area contributed by atoms with Crippen LogP contribution in [-0.2, 0) is 27.9 Å². The second kappa shape index (κ2) is 43.1. The van der Waals surface area contributed by atoms with Crippen molar-refractivity contribution in [2.24, 2.45) is 0 Å². The highest BCUT2D eigenvalue weighted by Crippen LogP contribution is 2.43. The van der Waals surface area contributed by atoms with Gasteiger partial charge in [-0.25, -0.2) is 4.57 Å². The Morgan fingerprint density at radius 1 is 0.571 bits per heavy atom. The summed E-state index contributed by atoms with van der Waals surface area (Å²) in [5.41, 5.74) is 0. The minimum atomic E-state index is -4.45. The highest BCUT2D eigenvalue weighted by atomic mass is 31.2. The average molecular weight is 902 g/mol. The van der Waals surface area contributed by atoms with Crippen molar-refractivity contribution in [1.82, 2.24) is 5.32 Å². The predicted molar refractivity (Wildman–Crippen MR) is 267 cm³/mol. The summed E-state index contributed by atoms with van der Waals surface area (Å²) < 4.78 is 30.4. The molecule has 0 radical (unpaired) electrons. The van der Waals surface area contributed by atoms with Crippen LogP contribution in [0.4, 0.5) is 0 Å². The standard InChI is InChI=1S/C53H93N2O7P/c1-7-10-13-16-19-22-25-27-30-33-36-39-42-45-52(56)54-50(49-61-63(58,59)60-48-47-55(4,5)6)51(44-41-38-35-32-29-24-21-18-15-12-9-3)62-53(57)46-43-40-37-34-31-28-26-23-20-17-14-11-8-2/h10-11,13-14,16-17,19-20,22-23,25-26,41,44,50-51H,7-9,12,15,18,21,24,27-40,42-43,45-49H2,1-6H3,(H-,54,56,58,59)/p+1/b13-10+,14-11+,19-16+,20-17+,25-22-,26-23-,44-41+. The number of rotatable bonds is 43. The van der Waals surface area contributed by atoms with Gasteiger partial charge in [0.25, 0.3) is 0 Å². The van der Waals surface area contributed by atoms with Gasteiger partial charge >= 0.3 is 13.8 Å². The average Bonchev–Trinajstić information content (AvgIpc) is 3.23. The largest absolute Gasteiger partial charge is 0.472 e. The Morgan fingerprint density at radius 3 is 1.51 bits per heavy atom. The van der Waals surface area contributed by atoms with Gasteiger partial charge in [-0.05, 0) is 70.3 Å². The molecule has 0 fully saturated rings. The van der Waals surface area contributed by atoms with Gasteiger partial charge in [0, 0.05) is 12.8 Å². The quantitative estimate of drug-likeness (QED) is 0.0157. The van der Waals surface area contributed by atoms with Gasteiger partial charge in [-0.2, -0.15) is 0 Å². The van der Waals surface area contributed by atoms with Crippen LogP contribution in [0.15, 0.2) is 85.1 Å². The number of esters is 1. The molecule has 0 aliphatic rings. The summed E-state index contributed by atoms with van der Waals surface area (Å²) in [6, 6.07) is -0.868. The number of hydrogen-bond donors (Lipinski definition) is 2. The lowest BCUT2D eigenvalue weighted by molar-refractivity contribution is -0.870. The molecule has 0 spiro atoms. The molecular weight excluding hydrogens is 808 g/mol. The maximum atomic E-state index is 13.4. The Hall–Kier alpha value is -2.81. The Kier molecular flexibility index (Phi) is 41.2. The lowest BCUT2D eigenvalue weighted by Crippen LogP contribution is -2.47. The minimum absolute atomic E-state index is 0.0281. The van der Waals surface area contributed by atoms with Crippen molar-refractivity contribution in [3.8, 4) is 0 Å². The van der Waals surface area contributed by atoms with Gasteiger partial charge in [0.15, 0.2) is 0 Å². The first-order valence-corrected chi connectivity index (χ1v) is 26.5. The summed E-state index contributed by atoms with van der Waals surface area (Å²) in [6.07, 6.45) is 54.4. The SMILES string of the molecule is CC/C=C/C=C/C=C\CCCCCCCC(=O)NC(COP(=O)(O)OCC[N+](C)(C)C)C(/C=C/CCCCCCCCCCC)OC(=O)CCCCCCC\C=C/C=C/C=C/CC. The van der Waals surface area contributed by atoms with Crippen LogP contribution < -0.4 is 5.32 Å². The first kappa shape index (κ1) is 60.2. The molecule has 1 amide bonds. The van der Waals surface area contributed by atoms with Crippen LogP contribution in [-0.4, -0.2) is 74.3 Å². The van der Waals surface area contributed by atoms with E-state index in [2.05, 4.69) is 86.8 Å². The molecule has 362 valence electrons. The molecular formula is C53H94N2O7P+. The topological polar surface area (TPSA) is 111 Å². The van der Waals surface area contributed by atoms with Crippen LogP contribution in [0.25, 0.3) is 0 Å². The van der Waals surface area contributed by atoms with E-state index >= 15 is 0 Å². The highest BCUT2D eigenvalue weighted by molar-refractivity contribution is 7.47. The number of phosphoric ester groups is 1. The molecule has 0 aliphatic carbocycles. The van der Waals surface area contributed by atoms with Crippen molar-refractivity contribution in [1.29, 1.82) is 0 Å². The summed E-state index contributed by atoms with van der Waals surface area (Å²) in [6.45, 7) is 6.67. The fourth-order valence-electron chi connectivity index (χ4n) is 6.58. The Morgan fingerprint density at radius 2 is 1.02 bits per heavy atom. The second-order valence-electron chi connectivity index (χ2n) is 17.7. The first-order valence-electron chi connectivity index (χ1n) is 25.0.